The van der Waals surface area contributed by atoms with Gasteiger partial charge in [0.2, 0.25) is 5.91 Å². The summed E-state index contributed by atoms with van der Waals surface area (Å²) in [6, 6.07) is 12.4. The second-order valence-electron chi connectivity index (χ2n) is 8.05. The molecule has 37 heavy (non-hydrogen) atoms. The maximum absolute atomic E-state index is 13.5. The topological polar surface area (TPSA) is 129 Å². The van der Waals surface area contributed by atoms with Crippen molar-refractivity contribution in [3.63, 3.8) is 0 Å². The molecule has 1 unspecified atom stereocenters. The van der Waals surface area contributed by atoms with Gasteiger partial charge in [0.1, 0.15) is 5.82 Å². The van der Waals surface area contributed by atoms with E-state index < -0.39 is 29.5 Å². The lowest BCUT2D eigenvalue weighted by atomic mass is 9.80. The molecule has 1 atom stereocenters. The smallest absolute Gasteiger partial charge is 0.416 e. The molecule has 2 aromatic rings. The fourth-order valence-electron chi connectivity index (χ4n) is 4.15. The van der Waals surface area contributed by atoms with E-state index in [0.717, 1.165) is 12.1 Å². The van der Waals surface area contributed by atoms with Crippen LogP contribution in [0, 0.1) is 11.3 Å². The number of alkyl halides is 3. The van der Waals surface area contributed by atoms with Gasteiger partial charge in [-0.1, -0.05) is 18.2 Å². The van der Waals surface area contributed by atoms with Crippen molar-refractivity contribution in [1.29, 1.82) is 5.26 Å². The van der Waals surface area contributed by atoms with Crippen LogP contribution in [0.25, 0.3) is 0 Å². The first-order valence-corrected chi connectivity index (χ1v) is 11.3. The Labute approximate surface area is 211 Å². The van der Waals surface area contributed by atoms with Gasteiger partial charge >= 0.3 is 12.1 Å². The minimum absolute atomic E-state index is 0.0163. The van der Waals surface area contributed by atoms with Crippen LogP contribution in [0.5, 0.6) is 0 Å². The first-order chi connectivity index (χ1) is 17.5. The number of allylic oxidation sites excluding steroid dienone is 1. The van der Waals surface area contributed by atoms with Crippen molar-refractivity contribution in [1.82, 2.24) is 5.32 Å². The molecule has 1 amide bonds. The van der Waals surface area contributed by atoms with Crippen molar-refractivity contribution in [3.05, 3.63) is 87.9 Å². The molecular weight excluding hydrogens is 489 g/mol. The zero-order valence-corrected chi connectivity index (χ0v) is 20.1. The molecule has 0 spiro atoms. The maximum atomic E-state index is 13.5. The second-order valence-corrected chi connectivity index (χ2v) is 8.05. The highest BCUT2D eigenvalue weighted by atomic mass is 19.4. The molecule has 0 aliphatic carbocycles. The largest absolute Gasteiger partial charge is 0.463 e. The third-order valence-electron chi connectivity index (χ3n) is 5.76. The Hall–Kier alpha value is -4.30. The zero-order chi connectivity index (χ0) is 27.3. The van der Waals surface area contributed by atoms with Crippen molar-refractivity contribution in [2.75, 3.05) is 24.7 Å². The van der Waals surface area contributed by atoms with Crippen LogP contribution in [0.1, 0.15) is 36.5 Å². The van der Waals surface area contributed by atoms with E-state index in [-0.39, 0.29) is 48.1 Å². The van der Waals surface area contributed by atoms with Gasteiger partial charge in [0.05, 0.1) is 41.9 Å². The van der Waals surface area contributed by atoms with Crippen LogP contribution in [-0.2, 0) is 20.5 Å². The van der Waals surface area contributed by atoms with E-state index in [9.17, 15) is 33.1 Å². The van der Waals surface area contributed by atoms with Crippen molar-refractivity contribution >= 4 is 17.6 Å². The number of hydrogen-bond acceptors (Lipinski definition) is 7. The molecule has 4 N–H and O–H groups in total. The molecule has 194 valence electrons. The van der Waals surface area contributed by atoms with Gasteiger partial charge in [-0.2, -0.15) is 18.4 Å². The van der Waals surface area contributed by atoms with Crippen LogP contribution in [0.15, 0.2) is 71.2 Å². The Morgan fingerprint density at radius 2 is 1.86 bits per heavy atom. The van der Waals surface area contributed by atoms with E-state index in [1.807, 2.05) is 6.07 Å². The fraction of sp³-hybridized carbons (Fsp3) is 0.269. The molecule has 2 aromatic carbocycles. The summed E-state index contributed by atoms with van der Waals surface area (Å²) in [4.78, 5) is 27.8. The predicted octanol–water partition coefficient (Wildman–Crippen LogP) is 3.30. The van der Waals surface area contributed by atoms with Gasteiger partial charge in [-0.05, 0) is 49.7 Å². The maximum Gasteiger partial charge on any atom is 0.416 e. The molecule has 0 fully saturated rings. The van der Waals surface area contributed by atoms with Crippen LogP contribution in [0.4, 0.5) is 18.9 Å². The van der Waals surface area contributed by atoms with Gasteiger partial charge in [0.15, 0.2) is 0 Å². The number of anilines is 1. The number of nitrogens with one attached hydrogen (secondary N) is 1. The highest BCUT2D eigenvalue weighted by Crippen LogP contribution is 2.44. The Balaban J connectivity index is 2.33. The Bertz CT molecular complexity index is 1290. The number of aliphatic hydroxyl groups excluding tert-OH is 1. The van der Waals surface area contributed by atoms with Gasteiger partial charge in [-0.25, -0.2) is 4.79 Å². The number of nitriles is 1. The van der Waals surface area contributed by atoms with E-state index >= 15 is 0 Å². The average molecular weight is 515 g/mol. The quantitative estimate of drug-likeness (QED) is 0.484. The second kappa shape index (κ2) is 11.2. The standard InChI is InChI=1S/C26H25F3N4O4/c1-3-37-25(36)22-21(17-9-7-16(14-30)8-10-17)20(24(35)32-11-12-34)15(2)33(23(22)31)19-6-4-5-18(13-19)26(27,28)29/h4-10,13,21,34H,3,11-12,31H2,1-2H3,(H,32,35). The summed E-state index contributed by atoms with van der Waals surface area (Å²) < 4.78 is 45.6. The van der Waals surface area contributed by atoms with Crippen LogP contribution in [0.2, 0.25) is 0 Å². The molecule has 8 nitrogen and oxygen atoms in total. The monoisotopic (exact) mass is 514 g/mol. The average Bonchev–Trinajstić information content (AvgIpc) is 2.86. The summed E-state index contributed by atoms with van der Waals surface area (Å²) >= 11 is 0. The molecule has 1 aliphatic rings. The highest BCUT2D eigenvalue weighted by molar-refractivity contribution is 6.03. The molecule has 11 heteroatoms. The number of rotatable bonds is 7. The molecular formula is C26H25F3N4O4. The van der Waals surface area contributed by atoms with E-state index in [4.69, 9.17) is 10.5 Å². The van der Waals surface area contributed by atoms with Crippen molar-refractivity contribution in [2.24, 2.45) is 5.73 Å². The minimum atomic E-state index is -4.64. The van der Waals surface area contributed by atoms with E-state index in [0.29, 0.717) is 11.1 Å². The number of nitrogens with zero attached hydrogens (tertiary/aromatic N) is 2. The summed E-state index contributed by atoms with van der Waals surface area (Å²) in [7, 11) is 0. The Kier molecular flexibility index (Phi) is 8.24. The summed E-state index contributed by atoms with van der Waals surface area (Å²) in [6.07, 6.45) is -4.64. The van der Waals surface area contributed by atoms with Gasteiger partial charge in [0.25, 0.3) is 0 Å². The molecule has 3 rings (SSSR count). The number of ether oxygens (including phenoxy) is 1. The zero-order valence-electron chi connectivity index (χ0n) is 20.1. The number of carbonyl (C=O) groups excluding carboxylic acids is 2. The van der Waals surface area contributed by atoms with Crippen molar-refractivity contribution in [2.45, 2.75) is 25.9 Å². The lowest BCUT2D eigenvalue weighted by Gasteiger charge is -2.37. The van der Waals surface area contributed by atoms with Crippen LogP contribution in [0.3, 0.4) is 0 Å². The number of carbonyl (C=O) groups is 2. The molecule has 0 radical (unpaired) electrons. The third-order valence-corrected chi connectivity index (χ3v) is 5.76. The SMILES string of the molecule is CCOC(=O)C1=C(N)N(c2cccc(C(F)(F)F)c2)C(C)=C(C(=O)NCCO)C1c1ccc(C#N)cc1. The molecule has 0 saturated heterocycles. The number of esters is 1. The van der Waals surface area contributed by atoms with E-state index in [1.54, 1.807) is 19.1 Å². The highest BCUT2D eigenvalue weighted by Gasteiger charge is 2.41. The van der Waals surface area contributed by atoms with Gasteiger partial charge in [0, 0.05) is 23.5 Å². The van der Waals surface area contributed by atoms with Crippen molar-refractivity contribution in [3.8, 4) is 6.07 Å². The summed E-state index contributed by atoms with van der Waals surface area (Å²) in [6.45, 7) is 2.59. The Morgan fingerprint density at radius 1 is 1.19 bits per heavy atom. The number of benzene rings is 2. The van der Waals surface area contributed by atoms with Crippen LogP contribution in [-0.4, -0.2) is 36.7 Å². The number of halogens is 3. The Morgan fingerprint density at radius 3 is 2.43 bits per heavy atom. The fourth-order valence-corrected chi connectivity index (χ4v) is 4.15. The molecule has 0 aromatic heterocycles. The lowest BCUT2D eigenvalue weighted by Crippen LogP contribution is -2.42. The minimum Gasteiger partial charge on any atom is -0.463 e. The van der Waals surface area contributed by atoms with Crippen LogP contribution < -0.4 is 16.0 Å². The predicted molar refractivity (Wildman–Crippen MR) is 128 cm³/mol. The van der Waals surface area contributed by atoms with Gasteiger partial charge in [-0.3, -0.25) is 4.79 Å². The van der Waals surface area contributed by atoms with Gasteiger partial charge < -0.3 is 25.8 Å². The number of amides is 1. The van der Waals surface area contributed by atoms with Crippen LogP contribution >= 0.6 is 0 Å². The third kappa shape index (κ3) is 5.59. The normalized spacial score (nSPS) is 15.9. The molecule has 1 aliphatic heterocycles. The van der Waals surface area contributed by atoms with Crippen molar-refractivity contribution < 1.29 is 32.6 Å². The van der Waals surface area contributed by atoms with E-state index in [2.05, 4.69) is 5.32 Å². The summed E-state index contributed by atoms with van der Waals surface area (Å²) in [5, 5.41) is 20.9. The summed E-state index contributed by atoms with van der Waals surface area (Å²) in [5.74, 6) is -2.78. The molecule has 0 bridgehead atoms. The number of nitrogens with two attached hydrogens (primary N) is 1. The molecule has 1 heterocycles. The molecule has 0 saturated carbocycles. The summed E-state index contributed by atoms with van der Waals surface area (Å²) in [5.41, 5.74) is 6.31. The van der Waals surface area contributed by atoms with Gasteiger partial charge in [-0.15, -0.1) is 0 Å². The first-order valence-electron chi connectivity index (χ1n) is 11.3. The first kappa shape index (κ1) is 27.3. The lowest BCUT2D eigenvalue weighted by molar-refractivity contribution is -0.139. The van der Waals surface area contributed by atoms with E-state index in [1.165, 1.54) is 36.1 Å². The number of aliphatic hydroxyl groups is 1. The number of hydrogen-bond donors (Lipinski definition) is 3.